The number of piperidine rings is 1. The van der Waals surface area contributed by atoms with E-state index in [-0.39, 0.29) is 0 Å². The average molecular weight is 233 g/mol. The highest BCUT2D eigenvalue weighted by molar-refractivity contribution is 5.13. The Labute approximate surface area is 104 Å². The normalized spacial score (nSPS) is 27.9. The van der Waals surface area contributed by atoms with E-state index in [1.54, 1.807) is 0 Å². The third-order valence-electron chi connectivity index (χ3n) is 4.03. The second-order valence-corrected chi connectivity index (χ2v) is 5.19. The lowest BCUT2D eigenvalue weighted by Crippen LogP contribution is -2.45. The zero-order valence-electron chi connectivity index (χ0n) is 10.8. The summed E-state index contributed by atoms with van der Waals surface area (Å²) < 4.78 is 0. The molecule has 1 fully saturated rings. The first-order chi connectivity index (χ1) is 8.22. The number of nitrogens with zero attached hydrogens (tertiary/aromatic N) is 2. The molecule has 1 aliphatic rings. The number of hydrogen-bond acceptors (Lipinski definition) is 3. The number of nitrogens with two attached hydrogens (primary N) is 1. The zero-order chi connectivity index (χ0) is 12.3. The van der Waals surface area contributed by atoms with Gasteiger partial charge in [0.2, 0.25) is 0 Å². The second-order valence-electron chi connectivity index (χ2n) is 5.19. The number of rotatable bonds is 3. The number of pyridine rings is 1. The summed E-state index contributed by atoms with van der Waals surface area (Å²) in [5, 5.41) is 0. The monoisotopic (exact) mass is 233 g/mol. The molecule has 94 valence electrons. The van der Waals surface area contributed by atoms with Crippen molar-refractivity contribution in [1.82, 2.24) is 9.88 Å². The molecule has 0 amide bonds. The first-order valence-corrected chi connectivity index (χ1v) is 6.58. The number of likely N-dealkylation sites (tertiary alicyclic amines) is 1. The number of hydrogen-bond donors (Lipinski definition) is 1. The molecule has 3 heteroatoms. The molecule has 0 saturated carbocycles. The van der Waals surface area contributed by atoms with Crippen LogP contribution < -0.4 is 5.73 Å². The molecule has 0 aromatic carbocycles. The first-order valence-electron chi connectivity index (χ1n) is 6.58. The maximum absolute atomic E-state index is 5.81. The van der Waals surface area contributed by atoms with Gasteiger partial charge < -0.3 is 5.73 Å². The van der Waals surface area contributed by atoms with Gasteiger partial charge in [-0.25, -0.2) is 0 Å². The Morgan fingerprint density at radius 1 is 1.53 bits per heavy atom. The van der Waals surface area contributed by atoms with E-state index < -0.39 is 0 Å². The average Bonchev–Trinajstić information content (AvgIpc) is 2.39. The van der Waals surface area contributed by atoms with Gasteiger partial charge in [0.15, 0.2) is 0 Å². The summed E-state index contributed by atoms with van der Waals surface area (Å²) in [6.45, 7) is 6.52. The molecule has 17 heavy (non-hydrogen) atoms. The second kappa shape index (κ2) is 5.61. The van der Waals surface area contributed by atoms with Crippen molar-refractivity contribution in [3.63, 3.8) is 0 Å². The minimum absolute atomic E-state index is 0.438. The van der Waals surface area contributed by atoms with Crippen LogP contribution in [0.15, 0.2) is 24.5 Å². The van der Waals surface area contributed by atoms with Crippen molar-refractivity contribution in [2.45, 2.75) is 38.8 Å². The highest BCUT2D eigenvalue weighted by Crippen LogP contribution is 2.29. The van der Waals surface area contributed by atoms with E-state index in [0.29, 0.717) is 18.0 Å². The molecule has 1 aliphatic heterocycles. The third kappa shape index (κ3) is 2.85. The van der Waals surface area contributed by atoms with Crippen LogP contribution in [-0.2, 0) is 0 Å². The summed E-state index contributed by atoms with van der Waals surface area (Å²) >= 11 is 0. The molecule has 0 bridgehead atoms. The Morgan fingerprint density at radius 3 is 3.00 bits per heavy atom. The predicted octanol–water partition coefficient (Wildman–Crippen LogP) is 2.20. The summed E-state index contributed by atoms with van der Waals surface area (Å²) in [6.07, 6.45) is 6.34. The fraction of sp³-hybridized carbons (Fsp3) is 0.643. The van der Waals surface area contributed by atoms with Crippen molar-refractivity contribution < 1.29 is 0 Å². The van der Waals surface area contributed by atoms with Crippen LogP contribution in [0.5, 0.6) is 0 Å². The molecule has 1 aromatic heterocycles. The van der Waals surface area contributed by atoms with Crippen LogP contribution in [0.3, 0.4) is 0 Å². The van der Waals surface area contributed by atoms with Crippen LogP contribution in [0.25, 0.3) is 0 Å². The summed E-state index contributed by atoms with van der Waals surface area (Å²) in [7, 11) is 0. The van der Waals surface area contributed by atoms with Crippen molar-refractivity contribution in [2.75, 3.05) is 13.1 Å². The fourth-order valence-electron chi connectivity index (χ4n) is 2.76. The Hall–Kier alpha value is -0.930. The molecule has 2 heterocycles. The Morgan fingerprint density at radius 2 is 2.35 bits per heavy atom. The van der Waals surface area contributed by atoms with Crippen molar-refractivity contribution in [3.8, 4) is 0 Å². The van der Waals surface area contributed by atoms with Gasteiger partial charge in [-0.05, 0) is 50.8 Å². The first kappa shape index (κ1) is 12.5. The number of aromatic nitrogens is 1. The summed E-state index contributed by atoms with van der Waals surface area (Å²) in [5.41, 5.74) is 7.11. The lowest BCUT2D eigenvalue weighted by atomic mass is 9.91. The molecule has 1 aromatic rings. The lowest BCUT2D eigenvalue weighted by Gasteiger charge is -2.41. The van der Waals surface area contributed by atoms with Gasteiger partial charge >= 0.3 is 0 Å². The molecule has 0 radical (unpaired) electrons. The molecule has 0 aliphatic carbocycles. The van der Waals surface area contributed by atoms with Crippen LogP contribution in [0.1, 0.15) is 38.3 Å². The van der Waals surface area contributed by atoms with Gasteiger partial charge in [-0.15, -0.1) is 0 Å². The maximum atomic E-state index is 5.81. The van der Waals surface area contributed by atoms with E-state index in [4.69, 9.17) is 5.73 Å². The Kier molecular flexibility index (Phi) is 4.13. The van der Waals surface area contributed by atoms with Crippen molar-refractivity contribution in [1.29, 1.82) is 0 Å². The van der Waals surface area contributed by atoms with Crippen LogP contribution in [0.4, 0.5) is 0 Å². The summed E-state index contributed by atoms with van der Waals surface area (Å²) in [5.74, 6) is 0.658. The largest absolute Gasteiger partial charge is 0.330 e. The minimum Gasteiger partial charge on any atom is -0.330 e. The molecule has 2 N–H and O–H groups in total. The van der Waals surface area contributed by atoms with Crippen molar-refractivity contribution in [2.24, 2.45) is 11.7 Å². The molecule has 1 saturated heterocycles. The molecule has 2 rings (SSSR count). The standard InChI is InChI=1S/C14H23N3/c1-11-5-6-13(8-15)10-17(11)12(2)14-4-3-7-16-9-14/h3-4,7,9,11-13H,5-6,8,10,15H2,1-2H3. The predicted molar refractivity (Wildman–Crippen MR) is 70.6 cm³/mol. The molecular formula is C14H23N3. The SMILES string of the molecule is CC1CCC(CN)CN1C(C)c1cccnc1. The van der Waals surface area contributed by atoms with Gasteiger partial charge in [-0.2, -0.15) is 0 Å². The molecule has 3 atom stereocenters. The summed E-state index contributed by atoms with van der Waals surface area (Å²) in [6, 6.07) is 5.26. The van der Waals surface area contributed by atoms with E-state index in [0.717, 1.165) is 13.1 Å². The summed E-state index contributed by atoms with van der Waals surface area (Å²) in [4.78, 5) is 6.78. The van der Waals surface area contributed by atoms with Gasteiger partial charge in [-0.1, -0.05) is 6.07 Å². The Bertz CT molecular complexity index is 339. The quantitative estimate of drug-likeness (QED) is 0.870. The van der Waals surface area contributed by atoms with Gasteiger partial charge in [-0.3, -0.25) is 9.88 Å². The fourth-order valence-corrected chi connectivity index (χ4v) is 2.76. The van der Waals surface area contributed by atoms with Crippen LogP contribution in [0, 0.1) is 5.92 Å². The van der Waals surface area contributed by atoms with E-state index in [1.165, 1.54) is 18.4 Å². The third-order valence-corrected chi connectivity index (χ3v) is 4.03. The van der Waals surface area contributed by atoms with Crippen LogP contribution >= 0.6 is 0 Å². The maximum Gasteiger partial charge on any atom is 0.0338 e. The topological polar surface area (TPSA) is 42.1 Å². The van der Waals surface area contributed by atoms with Gasteiger partial charge in [0.1, 0.15) is 0 Å². The molecule has 3 unspecified atom stereocenters. The van der Waals surface area contributed by atoms with Crippen molar-refractivity contribution in [3.05, 3.63) is 30.1 Å². The Balaban J connectivity index is 2.09. The van der Waals surface area contributed by atoms with Crippen LogP contribution in [0.2, 0.25) is 0 Å². The minimum atomic E-state index is 0.438. The smallest absolute Gasteiger partial charge is 0.0338 e. The van der Waals surface area contributed by atoms with Crippen molar-refractivity contribution >= 4 is 0 Å². The zero-order valence-corrected chi connectivity index (χ0v) is 10.8. The molecular weight excluding hydrogens is 210 g/mol. The van der Waals surface area contributed by atoms with Gasteiger partial charge in [0.05, 0.1) is 0 Å². The molecule has 0 spiro atoms. The van der Waals surface area contributed by atoms with E-state index in [9.17, 15) is 0 Å². The van der Waals surface area contributed by atoms with E-state index >= 15 is 0 Å². The van der Waals surface area contributed by atoms with E-state index in [2.05, 4.69) is 29.8 Å². The van der Waals surface area contributed by atoms with Gasteiger partial charge in [0, 0.05) is 31.0 Å². The highest BCUT2D eigenvalue weighted by Gasteiger charge is 2.28. The van der Waals surface area contributed by atoms with E-state index in [1.807, 2.05) is 18.5 Å². The lowest BCUT2D eigenvalue weighted by molar-refractivity contribution is 0.0811. The highest BCUT2D eigenvalue weighted by atomic mass is 15.2. The van der Waals surface area contributed by atoms with Crippen LogP contribution in [-0.4, -0.2) is 29.0 Å². The molecule has 3 nitrogen and oxygen atoms in total. The van der Waals surface area contributed by atoms with Gasteiger partial charge in [0.25, 0.3) is 0 Å².